The van der Waals surface area contributed by atoms with Gasteiger partial charge in [0.2, 0.25) is 50.6 Å². The molecular weight excluding hydrogens is 1820 g/mol. The monoisotopic (exact) mass is 2030 g/mol. The van der Waals surface area contributed by atoms with Crippen LogP contribution in [0.25, 0.3) is 0 Å². The van der Waals surface area contributed by atoms with Crippen molar-refractivity contribution in [1.82, 2.24) is 36.5 Å². The number of imidazole rings is 8. The van der Waals surface area contributed by atoms with E-state index in [4.69, 9.17) is 40.2 Å². The van der Waals surface area contributed by atoms with E-state index in [0.717, 1.165) is 0 Å². The van der Waals surface area contributed by atoms with Crippen LogP contribution in [0.4, 0.5) is 17.3 Å². The van der Waals surface area contributed by atoms with Gasteiger partial charge in [0.1, 0.15) is 129 Å². The molecule has 0 aliphatic carbocycles. The van der Waals surface area contributed by atoms with Gasteiger partial charge in [-0.15, -0.1) is 0 Å². The van der Waals surface area contributed by atoms with Gasteiger partial charge in [-0.25, -0.2) is 73.1 Å². The average Bonchev–Trinajstić information content (AvgIpc) is 1.85. The Labute approximate surface area is 880 Å². The molecule has 0 radical (unpaired) electrons. The van der Waals surface area contributed by atoms with Crippen molar-refractivity contribution in [3.05, 3.63) is 150 Å². The van der Waals surface area contributed by atoms with Crippen LogP contribution in [0.15, 0.2) is 150 Å². The predicted molar refractivity (Wildman–Crippen MR) is 573 cm³/mol. The Bertz CT molecular complexity index is 3080. The summed E-state index contributed by atoms with van der Waals surface area (Å²) in [6.07, 6.45) is 141. The molecule has 8 aromatic rings. The second-order valence-electron chi connectivity index (χ2n) is 39.4. The van der Waals surface area contributed by atoms with Crippen LogP contribution in [0.1, 0.15) is 466 Å². The molecule has 0 saturated heterocycles. The molecule has 0 fully saturated rings. The van der Waals surface area contributed by atoms with E-state index >= 15 is 0 Å². The minimum atomic E-state index is -3.17. The highest BCUT2D eigenvalue weighted by Crippen LogP contribution is 2.17. The Morgan fingerprint density at radius 1 is 0.146 bits per heavy atom. The molecule has 0 spiro atoms. The molecule has 0 unspecified atom stereocenters. The third kappa shape index (κ3) is 116. The molecule has 8 aromatic heterocycles. The summed E-state index contributed by atoms with van der Waals surface area (Å²) in [6, 6.07) is 0. The molecule has 32 heteroatoms. The average molecular weight is 2030 g/mol. The minimum absolute atomic E-state index is 1.18. The van der Waals surface area contributed by atoms with Crippen LogP contribution in [0.5, 0.6) is 0 Å². The maximum atomic E-state index is 9.89. The zero-order valence-electron chi connectivity index (χ0n) is 95.0. The van der Waals surface area contributed by atoms with Crippen molar-refractivity contribution in [1.29, 1.82) is 0 Å². The standard InChI is InChI=1S/8C14H27N2.4BFO2/c8*1-3-4-5-6-7-8-9-10-11-16-13-12-15(2)14-16;4*2-1(3)4/h8*12-14H,3-11H2,1-2H3;;;;/q8*+1;4*-2. The Kier molecular flexibility index (Phi) is 112. The Hall–Kier alpha value is -6.66. The van der Waals surface area contributed by atoms with Gasteiger partial charge in [0.25, 0.3) is 0 Å². The molecule has 144 heavy (non-hydrogen) atoms. The van der Waals surface area contributed by atoms with E-state index in [1.165, 1.54) is 463 Å². The Balaban J connectivity index is -0.000000760. The SMILES string of the molecule is CCCCCCCCCCn1cc[n+](C)c1.CCCCCCCCCCn1cc[n+](C)c1.CCCCCCCCCCn1cc[n+](C)c1.CCCCCCCCCCn1cc[n+](C)c1.CCCCCCCCCCn1cc[n+](C)c1.CCCCCCCCCCn1cc[n+](C)c1.CCCCCCCCCCn1cc[n+](C)c1.CCCCCCCCCCn1cc[n+](C)c1.[O-]B([O-])F.[O-]B([O-])F.[O-]B([O-])F.[O-]B([O-])F. The normalized spacial score (nSPS) is 10.4. The summed E-state index contributed by atoms with van der Waals surface area (Å²) in [4.78, 5) is 0. The molecule has 832 valence electrons. The van der Waals surface area contributed by atoms with E-state index in [2.05, 4.69) is 335 Å². The van der Waals surface area contributed by atoms with Gasteiger partial charge in [-0.1, -0.05) is 364 Å². The molecule has 8 rings (SSSR count). The van der Waals surface area contributed by atoms with Crippen LogP contribution < -0.4 is 76.7 Å². The van der Waals surface area contributed by atoms with E-state index in [1.54, 1.807) is 0 Å². The lowest BCUT2D eigenvalue weighted by Gasteiger charge is -2.09. The second-order valence-corrected chi connectivity index (χ2v) is 39.4. The van der Waals surface area contributed by atoms with Gasteiger partial charge in [0.15, 0.2) is 0 Å². The van der Waals surface area contributed by atoms with Gasteiger partial charge in [-0.2, -0.15) is 0 Å². The molecule has 0 amide bonds. The number of rotatable bonds is 72. The smallest absolute Gasteiger partial charge is 0.243 e. The van der Waals surface area contributed by atoms with Crippen LogP contribution in [0.2, 0.25) is 0 Å². The zero-order chi connectivity index (χ0) is 107. The number of halogens is 4. The number of aryl methyl sites for hydroxylation is 16. The molecule has 0 saturated carbocycles. The molecule has 24 nitrogen and oxygen atoms in total. The van der Waals surface area contributed by atoms with Crippen molar-refractivity contribution in [2.45, 2.75) is 519 Å². The molecule has 0 bridgehead atoms. The van der Waals surface area contributed by atoms with Crippen LogP contribution >= 0.6 is 0 Å². The first-order chi connectivity index (χ1) is 69.5. The van der Waals surface area contributed by atoms with Gasteiger partial charge in [-0.05, 0) is 103 Å². The van der Waals surface area contributed by atoms with Gasteiger partial charge < -0.3 is 57.5 Å². The first-order valence-electron chi connectivity index (χ1n) is 57.5. The van der Waals surface area contributed by atoms with Crippen LogP contribution in [0, 0.1) is 0 Å². The summed E-state index contributed by atoms with van der Waals surface area (Å²) in [5.41, 5.74) is 0. The lowest BCUT2D eigenvalue weighted by molar-refractivity contribution is -0.671. The molecule has 0 aliphatic rings. The fourth-order valence-corrected chi connectivity index (χ4v) is 16.5. The van der Waals surface area contributed by atoms with Crippen molar-refractivity contribution < 1.29 is 94.0 Å². The van der Waals surface area contributed by atoms with Gasteiger partial charge in [0.05, 0.1) is 109 Å². The Morgan fingerprint density at radius 3 is 0.278 bits per heavy atom. The third-order valence-corrected chi connectivity index (χ3v) is 24.7. The molecule has 0 atom stereocenters. The molecule has 0 aromatic carbocycles. The molecule has 0 aliphatic heterocycles. The van der Waals surface area contributed by atoms with Crippen molar-refractivity contribution in [3.8, 4) is 0 Å². The third-order valence-electron chi connectivity index (χ3n) is 24.7. The minimum Gasteiger partial charge on any atom is -0.867 e. The topological polar surface area (TPSA) is 255 Å². The van der Waals surface area contributed by atoms with E-state index in [1.807, 2.05) is 0 Å². The van der Waals surface area contributed by atoms with Crippen LogP contribution in [-0.2, 0) is 109 Å². The zero-order valence-corrected chi connectivity index (χ0v) is 95.0. The highest BCUT2D eigenvalue weighted by Gasteiger charge is 2.08. The largest absolute Gasteiger partial charge is 0.867 e. The van der Waals surface area contributed by atoms with Crippen LogP contribution in [-0.4, -0.2) is 66.1 Å². The lowest BCUT2D eigenvalue weighted by atomic mass is 10.1. The lowest BCUT2D eigenvalue weighted by Crippen LogP contribution is -2.39. The van der Waals surface area contributed by atoms with Crippen molar-refractivity contribution in [2.75, 3.05) is 0 Å². The quantitative estimate of drug-likeness (QED) is 0.0153. The molecular formula is C112H216B4F4N16O8. The maximum Gasteiger partial charge on any atom is 0.243 e. The number of unbranched alkanes of at least 4 members (excludes halogenated alkanes) is 56. The first-order valence-corrected chi connectivity index (χ1v) is 57.5. The highest BCUT2D eigenvalue weighted by molar-refractivity contribution is 6.27. The number of aromatic nitrogens is 16. The van der Waals surface area contributed by atoms with Gasteiger partial charge >= 0.3 is 0 Å². The predicted octanol–water partition coefficient (Wildman–Crippen LogP) is 18.3. The van der Waals surface area contributed by atoms with Gasteiger partial charge in [0, 0.05) is 0 Å². The van der Waals surface area contributed by atoms with E-state index in [0.29, 0.717) is 0 Å². The van der Waals surface area contributed by atoms with Crippen molar-refractivity contribution in [2.24, 2.45) is 56.4 Å². The van der Waals surface area contributed by atoms with E-state index in [-0.39, 0.29) is 0 Å². The van der Waals surface area contributed by atoms with E-state index < -0.39 is 29.6 Å². The number of nitrogens with zero attached hydrogens (tertiary/aromatic N) is 16. The summed E-state index contributed by atoms with van der Waals surface area (Å²) in [6.45, 7) is 27.6. The molecule has 8 heterocycles. The fourth-order valence-electron chi connectivity index (χ4n) is 16.5. The van der Waals surface area contributed by atoms with Gasteiger partial charge in [-0.3, -0.25) is 0 Å². The first kappa shape index (κ1) is 144. The fraction of sp³-hybridized carbons (Fsp3) is 0.786. The maximum absolute atomic E-state index is 9.89. The van der Waals surface area contributed by atoms with Crippen molar-refractivity contribution >= 4 is 29.6 Å². The van der Waals surface area contributed by atoms with E-state index in [9.17, 15) is 17.3 Å². The second kappa shape index (κ2) is 112. The summed E-state index contributed by atoms with van der Waals surface area (Å²) in [5.74, 6) is 0. The number of hydrogen-bond donors (Lipinski definition) is 0. The number of hydrogen-bond acceptors (Lipinski definition) is 8. The van der Waals surface area contributed by atoms with Crippen molar-refractivity contribution in [3.63, 3.8) is 0 Å². The Morgan fingerprint density at radius 2 is 0.215 bits per heavy atom. The van der Waals surface area contributed by atoms with Crippen LogP contribution in [0.3, 0.4) is 0 Å². The molecule has 0 N–H and O–H groups in total. The summed E-state index contributed by atoms with van der Waals surface area (Å²) >= 11 is 0. The summed E-state index contributed by atoms with van der Waals surface area (Å²) in [5, 5.41) is 66.4. The highest BCUT2D eigenvalue weighted by atomic mass is 19.1. The summed E-state index contributed by atoms with van der Waals surface area (Å²) < 4.78 is 74.6. The summed E-state index contributed by atoms with van der Waals surface area (Å²) in [7, 11) is 3.92.